The van der Waals surface area contributed by atoms with E-state index in [9.17, 15) is 14.4 Å². The lowest BCUT2D eigenvalue weighted by atomic mass is 9.74. The average molecular weight is 528 g/mol. The van der Waals surface area contributed by atoms with Gasteiger partial charge in [0.05, 0.1) is 28.1 Å². The Labute approximate surface area is 222 Å². The molecule has 1 aromatic carbocycles. The number of likely N-dealkylation sites (tertiary alicyclic amines) is 1. The van der Waals surface area contributed by atoms with Gasteiger partial charge >= 0.3 is 0 Å². The van der Waals surface area contributed by atoms with Crippen LogP contribution in [0.2, 0.25) is 5.02 Å². The van der Waals surface area contributed by atoms with Crippen molar-refractivity contribution in [3.63, 3.8) is 0 Å². The topological polar surface area (TPSA) is 90.4 Å². The number of likely N-dealkylation sites (N-methyl/N-ethyl adjacent to an activating group) is 1. The third kappa shape index (κ3) is 4.10. The van der Waals surface area contributed by atoms with Gasteiger partial charge in [0.2, 0.25) is 11.8 Å². The maximum absolute atomic E-state index is 14.3. The predicted molar refractivity (Wildman–Crippen MR) is 140 cm³/mol. The Hall–Kier alpha value is -2.68. The van der Waals surface area contributed by atoms with Crippen molar-refractivity contribution >= 4 is 35.0 Å². The molecule has 5 atom stereocenters. The quantitative estimate of drug-likeness (QED) is 0.435. The second kappa shape index (κ2) is 9.89. The lowest BCUT2D eigenvalue weighted by Gasteiger charge is -2.37. The number of anilines is 1. The van der Waals surface area contributed by atoms with Crippen molar-refractivity contribution in [2.45, 2.75) is 49.9 Å². The van der Waals surface area contributed by atoms with Crippen LogP contribution in [-0.2, 0) is 19.1 Å². The highest BCUT2D eigenvalue weighted by Gasteiger charge is 2.74. The summed E-state index contributed by atoms with van der Waals surface area (Å²) in [5.41, 5.74) is -1.71. The van der Waals surface area contributed by atoms with Crippen LogP contribution in [0.4, 0.5) is 5.69 Å². The minimum atomic E-state index is -1.27. The largest absolute Gasteiger partial charge is 0.396 e. The zero-order valence-corrected chi connectivity index (χ0v) is 22.1. The molecule has 9 heteroatoms. The summed E-state index contributed by atoms with van der Waals surface area (Å²) in [5, 5.41) is 9.57. The first-order chi connectivity index (χ1) is 17.7. The summed E-state index contributed by atoms with van der Waals surface area (Å²) in [6.07, 6.45) is 10.5. The number of hydrogen-bond acceptors (Lipinski definition) is 5. The van der Waals surface area contributed by atoms with Gasteiger partial charge in [-0.1, -0.05) is 60.9 Å². The van der Waals surface area contributed by atoms with Gasteiger partial charge in [0, 0.05) is 33.3 Å². The highest BCUT2D eigenvalue weighted by molar-refractivity contribution is 6.34. The molecule has 0 radical (unpaired) electrons. The number of amides is 3. The minimum absolute atomic E-state index is 0.129. The fourth-order valence-electron chi connectivity index (χ4n) is 6.52. The molecule has 4 aliphatic heterocycles. The van der Waals surface area contributed by atoms with Gasteiger partial charge in [-0.15, -0.1) is 0 Å². The molecule has 3 amide bonds. The Balaban J connectivity index is 1.58. The molecule has 0 aromatic heterocycles. The van der Waals surface area contributed by atoms with E-state index in [1.165, 1.54) is 0 Å². The van der Waals surface area contributed by atoms with Gasteiger partial charge in [0.15, 0.2) is 0 Å². The van der Waals surface area contributed by atoms with Crippen LogP contribution < -0.4 is 4.90 Å². The van der Waals surface area contributed by atoms with Gasteiger partial charge in [-0.2, -0.15) is 0 Å². The summed E-state index contributed by atoms with van der Waals surface area (Å²) in [6, 6.07) is 6.24. The second-order valence-corrected chi connectivity index (χ2v) is 11.0. The molecule has 4 heterocycles. The summed E-state index contributed by atoms with van der Waals surface area (Å²) >= 11 is 6.49. The molecule has 1 spiro atoms. The van der Waals surface area contributed by atoms with Crippen LogP contribution in [0.3, 0.4) is 0 Å². The van der Waals surface area contributed by atoms with Crippen molar-refractivity contribution in [1.29, 1.82) is 0 Å². The molecule has 4 aliphatic rings. The van der Waals surface area contributed by atoms with Gasteiger partial charge in [-0.3, -0.25) is 14.4 Å². The van der Waals surface area contributed by atoms with Crippen LogP contribution in [-0.4, -0.2) is 83.2 Å². The second-order valence-electron chi connectivity index (χ2n) is 10.6. The number of benzene rings is 1. The van der Waals surface area contributed by atoms with E-state index >= 15 is 0 Å². The van der Waals surface area contributed by atoms with E-state index in [4.69, 9.17) is 21.4 Å². The summed E-state index contributed by atoms with van der Waals surface area (Å²) < 4.78 is 6.78. The number of carbonyl (C=O) groups excluding carboxylic acids is 3. The summed E-state index contributed by atoms with van der Waals surface area (Å²) in [6.45, 7) is 3.06. The van der Waals surface area contributed by atoms with Crippen LogP contribution in [0.5, 0.6) is 0 Å². The Morgan fingerprint density at radius 3 is 2.46 bits per heavy atom. The van der Waals surface area contributed by atoms with Crippen molar-refractivity contribution in [2.24, 2.45) is 11.8 Å². The van der Waals surface area contributed by atoms with Gasteiger partial charge < -0.3 is 24.5 Å². The Morgan fingerprint density at radius 1 is 0.973 bits per heavy atom. The van der Waals surface area contributed by atoms with E-state index in [2.05, 4.69) is 0 Å². The number of fused-ring (bicyclic) bond motifs is 2. The van der Waals surface area contributed by atoms with Gasteiger partial charge in [-0.25, -0.2) is 0 Å². The summed E-state index contributed by atoms with van der Waals surface area (Å²) in [4.78, 5) is 47.0. The molecular weight excluding hydrogens is 494 g/mol. The number of rotatable bonds is 7. The van der Waals surface area contributed by atoms with Crippen molar-refractivity contribution in [3.8, 4) is 0 Å². The van der Waals surface area contributed by atoms with Crippen LogP contribution in [0, 0.1) is 11.8 Å². The third-order valence-electron chi connectivity index (χ3n) is 8.21. The molecule has 2 fully saturated rings. The first-order valence-electron chi connectivity index (χ1n) is 13.0. The van der Waals surface area contributed by atoms with E-state index in [0.29, 0.717) is 36.6 Å². The molecule has 0 aliphatic carbocycles. The average Bonchev–Trinajstić information content (AvgIpc) is 3.14. The molecule has 5 rings (SSSR count). The molecule has 1 aromatic rings. The number of halogens is 1. The highest BCUT2D eigenvalue weighted by Crippen LogP contribution is 2.57. The van der Waals surface area contributed by atoms with Crippen LogP contribution >= 0.6 is 11.6 Å². The Morgan fingerprint density at radius 2 is 1.70 bits per heavy atom. The van der Waals surface area contributed by atoms with Gasteiger partial charge in [0.1, 0.15) is 11.6 Å². The number of para-hydroxylation sites is 1. The maximum atomic E-state index is 14.3. The Bertz CT molecular complexity index is 1150. The van der Waals surface area contributed by atoms with Crippen LogP contribution in [0.25, 0.3) is 0 Å². The molecule has 0 saturated carbocycles. The molecule has 1 unspecified atom stereocenters. The van der Waals surface area contributed by atoms with Crippen molar-refractivity contribution in [1.82, 2.24) is 9.80 Å². The van der Waals surface area contributed by atoms with Crippen molar-refractivity contribution < 1.29 is 24.2 Å². The van der Waals surface area contributed by atoms with Gasteiger partial charge in [0.25, 0.3) is 5.91 Å². The Kier molecular flexibility index (Phi) is 6.94. The predicted octanol–water partition coefficient (Wildman–Crippen LogP) is 2.79. The van der Waals surface area contributed by atoms with E-state index < -0.39 is 29.1 Å². The minimum Gasteiger partial charge on any atom is -0.396 e. The highest BCUT2D eigenvalue weighted by atomic mass is 35.5. The maximum Gasteiger partial charge on any atom is 0.253 e. The normalized spacial score (nSPS) is 32.9. The van der Waals surface area contributed by atoms with E-state index in [1.807, 2.05) is 43.4 Å². The molecule has 2 saturated heterocycles. The van der Waals surface area contributed by atoms with Crippen molar-refractivity contribution in [3.05, 3.63) is 53.6 Å². The number of aliphatic hydroxyl groups excluding tert-OH is 1. The number of hydrogen-bond donors (Lipinski definition) is 1. The SMILES string of the molecule is CN1CC=C[C@]2(C)O[C@]34C=CCN(c5ccccc5Cl)C(=O)C3N(CCCCCCO)C(=O)[C@@H]4[C@@H]2C1=O. The zero-order chi connectivity index (χ0) is 26.4. The van der Waals surface area contributed by atoms with Crippen LogP contribution in [0.1, 0.15) is 32.6 Å². The fraction of sp³-hybridized carbons (Fsp3) is 0.536. The number of carbonyl (C=O) groups is 3. The number of unbranched alkanes of at least 4 members (excludes halogenated alkanes) is 3. The monoisotopic (exact) mass is 527 g/mol. The zero-order valence-electron chi connectivity index (χ0n) is 21.3. The molecule has 198 valence electrons. The fourth-order valence-corrected chi connectivity index (χ4v) is 6.76. The molecule has 0 bridgehead atoms. The molecule has 37 heavy (non-hydrogen) atoms. The van der Waals surface area contributed by atoms with Gasteiger partial charge in [-0.05, 0) is 31.9 Å². The summed E-state index contributed by atoms with van der Waals surface area (Å²) in [7, 11) is 1.73. The number of aliphatic hydroxyl groups is 1. The van der Waals surface area contributed by atoms with E-state index in [1.54, 1.807) is 33.9 Å². The number of nitrogens with zero attached hydrogens (tertiary/aromatic N) is 3. The summed E-state index contributed by atoms with van der Waals surface area (Å²) in [5.74, 6) is -2.20. The van der Waals surface area contributed by atoms with E-state index in [0.717, 1.165) is 12.8 Å². The van der Waals surface area contributed by atoms with Crippen LogP contribution in [0.15, 0.2) is 48.6 Å². The first kappa shape index (κ1) is 25.9. The molecule has 1 N–H and O–H groups in total. The van der Waals surface area contributed by atoms with Crippen molar-refractivity contribution in [2.75, 3.05) is 38.2 Å². The first-order valence-corrected chi connectivity index (χ1v) is 13.4. The number of ether oxygens (including phenoxy) is 1. The lowest BCUT2D eigenvalue weighted by molar-refractivity contribution is -0.148. The smallest absolute Gasteiger partial charge is 0.253 e. The molecular formula is C28H34ClN3O5. The standard InChI is InChI=1S/C28H34ClN3O5/c1-27-13-9-15-30(2)24(34)21(27)22-25(35)32(16-7-3-4-8-18-33)23-26(36)31(17-10-14-28(22,23)37-27)20-12-6-5-11-19(20)29/h5-6,9-14,21-23,33H,3-4,7-8,15-18H2,1-2H3/t21-,22+,23?,27+,28+/m1/s1. The lowest BCUT2D eigenvalue weighted by Crippen LogP contribution is -2.56. The van der Waals surface area contributed by atoms with E-state index in [-0.39, 0.29) is 30.9 Å². The third-order valence-corrected chi connectivity index (χ3v) is 8.53. The molecule has 8 nitrogen and oxygen atoms in total.